The first-order valence-corrected chi connectivity index (χ1v) is 13.0. The van der Waals surface area contributed by atoms with Gasteiger partial charge in [0.2, 0.25) is 5.91 Å². The van der Waals surface area contributed by atoms with E-state index in [0.717, 1.165) is 11.1 Å². The monoisotopic (exact) mass is 509 g/mol. The summed E-state index contributed by atoms with van der Waals surface area (Å²) < 4.78 is 19.0. The number of thioether (sulfide) groups is 1. The first kappa shape index (κ1) is 24.4. The van der Waals surface area contributed by atoms with Crippen LogP contribution in [0.5, 0.6) is 5.75 Å². The van der Waals surface area contributed by atoms with Crippen LogP contribution in [0.15, 0.2) is 59.8 Å². The quantitative estimate of drug-likeness (QED) is 0.573. The molecule has 2 aromatic rings. The van der Waals surface area contributed by atoms with Crippen LogP contribution in [0.1, 0.15) is 31.2 Å². The van der Waals surface area contributed by atoms with E-state index in [4.69, 9.17) is 4.74 Å². The Labute approximate surface area is 213 Å². The fourth-order valence-electron chi connectivity index (χ4n) is 5.10. The summed E-state index contributed by atoms with van der Waals surface area (Å²) in [5.74, 6) is -1.06. The summed E-state index contributed by atoms with van der Waals surface area (Å²) in [6, 6.07) is 8.29. The van der Waals surface area contributed by atoms with Crippen molar-refractivity contribution in [3.63, 3.8) is 0 Å². The summed E-state index contributed by atoms with van der Waals surface area (Å²) in [6.07, 6.45) is 8.50. The molecular formula is C27H28FN3O4S. The van der Waals surface area contributed by atoms with Gasteiger partial charge in [0.15, 0.2) is 0 Å². The molecule has 2 aliphatic heterocycles. The number of fused-ring (bicyclic) bond motifs is 1. The number of nitrogens with zero attached hydrogens (tertiary/aromatic N) is 2. The highest BCUT2D eigenvalue weighted by Gasteiger charge is 2.40. The second kappa shape index (κ2) is 10.3. The van der Waals surface area contributed by atoms with E-state index in [1.54, 1.807) is 24.0 Å². The Morgan fingerprint density at radius 3 is 2.72 bits per heavy atom. The number of carbonyl (C=O) groups excluding carboxylic acids is 1. The van der Waals surface area contributed by atoms with Gasteiger partial charge in [0.05, 0.1) is 30.0 Å². The molecule has 1 amide bonds. The van der Waals surface area contributed by atoms with Crippen LogP contribution in [-0.4, -0.2) is 51.3 Å². The van der Waals surface area contributed by atoms with Crippen LogP contribution in [-0.2, 0) is 16.1 Å². The molecule has 1 aromatic heterocycles. The molecule has 1 saturated carbocycles. The number of benzene rings is 1. The summed E-state index contributed by atoms with van der Waals surface area (Å²) in [5, 5.41) is 14.5. The van der Waals surface area contributed by atoms with E-state index in [0.29, 0.717) is 49.2 Å². The molecule has 1 aliphatic carbocycles. The van der Waals surface area contributed by atoms with Crippen molar-refractivity contribution in [1.82, 2.24) is 15.2 Å². The Balaban J connectivity index is 1.22. The van der Waals surface area contributed by atoms with Gasteiger partial charge in [-0.3, -0.25) is 14.6 Å². The number of rotatable bonds is 7. The Hall–Kier alpha value is -3.33. The number of hydrogen-bond acceptors (Lipinski definition) is 6. The van der Waals surface area contributed by atoms with Crippen molar-refractivity contribution in [3.05, 3.63) is 71.2 Å². The Morgan fingerprint density at radius 1 is 1.22 bits per heavy atom. The van der Waals surface area contributed by atoms with E-state index in [-0.39, 0.29) is 35.0 Å². The van der Waals surface area contributed by atoms with Gasteiger partial charge in [-0.05, 0) is 61.1 Å². The molecule has 0 bridgehead atoms. The minimum atomic E-state index is -0.747. The third kappa shape index (κ3) is 5.11. The number of pyridine rings is 1. The Morgan fingerprint density at radius 2 is 2.03 bits per heavy atom. The molecule has 0 saturated heterocycles. The predicted octanol–water partition coefficient (Wildman–Crippen LogP) is 4.35. The molecule has 2 unspecified atom stereocenters. The SMILES string of the molecule is COc1cc(F)cc(-c2ccc(CN3C=CC4SC=C(C(=O)NC5CCC(C(=O)O)CC5)C43)cn2)c1. The number of methoxy groups -OCH3 is 1. The Kier molecular flexibility index (Phi) is 7.00. The average Bonchev–Trinajstić information content (AvgIpc) is 3.47. The topological polar surface area (TPSA) is 91.8 Å². The number of ether oxygens (including phenoxy) is 1. The highest BCUT2D eigenvalue weighted by Crippen LogP contribution is 2.40. The maximum absolute atomic E-state index is 13.9. The molecule has 7 nitrogen and oxygen atoms in total. The number of hydrogen-bond donors (Lipinski definition) is 2. The first-order chi connectivity index (χ1) is 17.4. The van der Waals surface area contributed by atoms with Gasteiger partial charge in [-0.15, -0.1) is 11.8 Å². The average molecular weight is 510 g/mol. The number of aromatic nitrogens is 1. The van der Waals surface area contributed by atoms with Gasteiger partial charge in [0.25, 0.3) is 0 Å². The predicted molar refractivity (Wildman–Crippen MR) is 136 cm³/mol. The van der Waals surface area contributed by atoms with E-state index in [1.165, 1.54) is 19.2 Å². The Bertz CT molecular complexity index is 1210. The molecule has 0 radical (unpaired) electrons. The highest BCUT2D eigenvalue weighted by atomic mass is 32.2. The van der Waals surface area contributed by atoms with Gasteiger partial charge in [-0.2, -0.15) is 0 Å². The molecule has 1 aromatic carbocycles. The van der Waals surface area contributed by atoms with Crippen molar-refractivity contribution in [2.24, 2.45) is 5.92 Å². The van der Waals surface area contributed by atoms with Gasteiger partial charge >= 0.3 is 5.97 Å². The van der Waals surface area contributed by atoms with Crippen LogP contribution < -0.4 is 10.1 Å². The fraction of sp³-hybridized carbons (Fsp3) is 0.370. The lowest BCUT2D eigenvalue weighted by Gasteiger charge is -2.30. The minimum Gasteiger partial charge on any atom is -0.497 e. The summed E-state index contributed by atoms with van der Waals surface area (Å²) in [6.45, 7) is 0.590. The van der Waals surface area contributed by atoms with Gasteiger partial charge in [0.1, 0.15) is 11.6 Å². The van der Waals surface area contributed by atoms with Crippen molar-refractivity contribution in [3.8, 4) is 17.0 Å². The molecule has 36 heavy (non-hydrogen) atoms. The number of halogens is 1. The zero-order valence-corrected chi connectivity index (χ0v) is 20.7. The van der Waals surface area contributed by atoms with Crippen molar-refractivity contribution in [1.29, 1.82) is 0 Å². The molecule has 9 heteroatoms. The van der Waals surface area contributed by atoms with Crippen molar-refractivity contribution >= 4 is 23.6 Å². The lowest BCUT2D eigenvalue weighted by atomic mass is 9.86. The second-order valence-electron chi connectivity index (χ2n) is 9.42. The lowest BCUT2D eigenvalue weighted by molar-refractivity contribution is -0.142. The first-order valence-electron chi connectivity index (χ1n) is 12.0. The van der Waals surface area contributed by atoms with Crippen LogP contribution in [0.25, 0.3) is 11.3 Å². The fourth-order valence-corrected chi connectivity index (χ4v) is 6.26. The summed E-state index contributed by atoms with van der Waals surface area (Å²) in [5.41, 5.74) is 3.02. The smallest absolute Gasteiger partial charge is 0.306 e. The molecule has 2 atom stereocenters. The number of nitrogens with one attached hydrogen (secondary N) is 1. The normalized spacial score (nSPS) is 24.8. The number of carbonyl (C=O) groups is 2. The standard InChI is InChI=1S/C27H28FN3O4S/c1-35-21-11-18(10-19(28)12-21)23-7-2-16(13-29-23)14-31-9-8-24-25(31)22(15-36-24)26(32)30-20-5-3-17(4-6-20)27(33)34/h2,7-13,15,17,20,24-25H,3-6,14H2,1H3,(H,30,32)(H,33,34). The maximum Gasteiger partial charge on any atom is 0.306 e. The number of amides is 1. The zero-order chi connectivity index (χ0) is 25.2. The molecule has 0 spiro atoms. The minimum absolute atomic E-state index is 0.0130. The third-order valence-corrected chi connectivity index (χ3v) is 8.19. The van der Waals surface area contributed by atoms with Crippen molar-refractivity contribution < 1.29 is 23.8 Å². The van der Waals surface area contributed by atoms with Crippen LogP contribution in [0, 0.1) is 11.7 Å². The maximum atomic E-state index is 13.9. The molecule has 3 aliphatic rings. The van der Waals surface area contributed by atoms with E-state index >= 15 is 0 Å². The summed E-state index contributed by atoms with van der Waals surface area (Å²) in [7, 11) is 1.50. The molecule has 3 heterocycles. The van der Waals surface area contributed by atoms with Crippen LogP contribution >= 0.6 is 11.8 Å². The number of aliphatic carboxylic acids is 1. The van der Waals surface area contributed by atoms with Gasteiger partial charge in [0, 0.05) is 36.0 Å². The van der Waals surface area contributed by atoms with Gasteiger partial charge in [-0.25, -0.2) is 4.39 Å². The second-order valence-corrected chi connectivity index (χ2v) is 10.5. The molecule has 2 N–H and O–H groups in total. The van der Waals surface area contributed by atoms with Crippen LogP contribution in [0.3, 0.4) is 0 Å². The molecule has 1 fully saturated rings. The molecule has 188 valence electrons. The van der Waals surface area contributed by atoms with E-state index in [1.807, 2.05) is 23.7 Å². The third-order valence-electron chi connectivity index (χ3n) is 7.07. The van der Waals surface area contributed by atoms with Gasteiger partial charge in [-0.1, -0.05) is 12.1 Å². The lowest BCUT2D eigenvalue weighted by Crippen LogP contribution is -2.43. The van der Waals surface area contributed by atoms with Crippen LogP contribution in [0.2, 0.25) is 0 Å². The zero-order valence-electron chi connectivity index (χ0n) is 19.9. The van der Waals surface area contributed by atoms with E-state index in [2.05, 4.69) is 21.3 Å². The molecule has 5 rings (SSSR count). The highest BCUT2D eigenvalue weighted by molar-refractivity contribution is 8.03. The number of carboxylic acids is 1. The van der Waals surface area contributed by atoms with E-state index < -0.39 is 5.97 Å². The largest absolute Gasteiger partial charge is 0.497 e. The summed E-state index contributed by atoms with van der Waals surface area (Å²) >= 11 is 1.64. The van der Waals surface area contributed by atoms with Crippen molar-refractivity contribution in [2.75, 3.05) is 7.11 Å². The summed E-state index contributed by atoms with van der Waals surface area (Å²) in [4.78, 5) is 31.0. The van der Waals surface area contributed by atoms with E-state index in [9.17, 15) is 19.1 Å². The van der Waals surface area contributed by atoms with Crippen LogP contribution in [0.4, 0.5) is 4.39 Å². The number of carboxylic acid groups (broad SMARTS) is 1. The molecular weight excluding hydrogens is 481 g/mol. The van der Waals surface area contributed by atoms with Gasteiger partial charge < -0.3 is 20.1 Å². The van der Waals surface area contributed by atoms with Crippen molar-refractivity contribution in [2.45, 2.75) is 49.6 Å².